The molecule has 0 spiro atoms. The average Bonchev–Trinajstić information content (AvgIpc) is 2.78. The molecule has 1 N–H and O–H groups in total. The van der Waals surface area contributed by atoms with Gasteiger partial charge in [-0.2, -0.15) is 0 Å². The largest absolute Gasteiger partial charge is 0.487 e. The molecule has 0 aliphatic rings. The number of hydrogen-bond acceptors (Lipinski definition) is 7. The average molecular weight is 534 g/mol. The Morgan fingerprint density at radius 3 is 1.87 bits per heavy atom. The van der Waals surface area contributed by atoms with Crippen molar-refractivity contribution in [3.05, 3.63) is 48.3 Å². The molecule has 0 radical (unpaired) electrons. The Hall–Kier alpha value is -3.34. The molecule has 3 rings (SSSR count). The molecule has 1 aromatic heterocycles. The van der Waals surface area contributed by atoms with Crippen LogP contribution in [0.2, 0.25) is 0 Å². The maximum atomic E-state index is 6.36. The first kappa shape index (κ1) is 30.2. The number of benzene rings is 2. The smallest absolute Gasteiger partial charge is 0.163 e. The highest BCUT2D eigenvalue weighted by atomic mass is 16.6. The molecule has 0 saturated heterocycles. The van der Waals surface area contributed by atoms with Crippen molar-refractivity contribution < 1.29 is 18.9 Å². The highest BCUT2D eigenvalue weighted by Crippen LogP contribution is 2.37. The molecule has 3 aromatic rings. The second kappa shape index (κ2) is 11.4. The van der Waals surface area contributed by atoms with E-state index in [0.717, 1.165) is 16.6 Å². The van der Waals surface area contributed by atoms with Crippen LogP contribution in [0.1, 0.15) is 74.8 Å². The molecule has 0 bridgehead atoms. The number of nitrogens with zero attached hydrogens (tertiary/aromatic N) is 2. The normalized spacial score (nSPS) is 12.7. The van der Waals surface area contributed by atoms with Crippen molar-refractivity contribution in [2.24, 2.45) is 0 Å². The second-order valence-corrected chi connectivity index (χ2v) is 12.9. The first-order valence-corrected chi connectivity index (χ1v) is 13.2. The lowest BCUT2D eigenvalue weighted by molar-refractivity contribution is -0.131. The minimum Gasteiger partial charge on any atom is -0.487 e. The van der Waals surface area contributed by atoms with E-state index in [1.54, 1.807) is 0 Å². The molecular formula is C32H43N3O4. The van der Waals surface area contributed by atoms with E-state index in [4.69, 9.17) is 25.4 Å². The van der Waals surface area contributed by atoms with Gasteiger partial charge < -0.3 is 24.3 Å². The van der Waals surface area contributed by atoms with Gasteiger partial charge in [0.1, 0.15) is 25.4 Å². The lowest BCUT2D eigenvalue weighted by Gasteiger charge is -2.34. The van der Waals surface area contributed by atoms with Gasteiger partial charge >= 0.3 is 0 Å². The van der Waals surface area contributed by atoms with Crippen LogP contribution in [0.15, 0.2) is 42.7 Å². The molecule has 7 nitrogen and oxygen atoms in total. The van der Waals surface area contributed by atoms with Crippen molar-refractivity contribution in [2.75, 3.05) is 18.5 Å². The Bertz CT molecular complexity index is 1330. The van der Waals surface area contributed by atoms with Crippen molar-refractivity contribution in [3.63, 3.8) is 0 Å². The summed E-state index contributed by atoms with van der Waals surface area (Å²) in [5, 5.41) is 4.15. The summed E-state index contributed by atoms with van der Waals surface area (Å²) in [6.07, 6.45) is 7.11. The predicted molar refractivity (Wildman–Crippen MR) is 158 cm³/mol. The predicted octanol–water partition coefficient (Wildman–Crippen LogP) is 7.30. The van der Waals surface area contributed by atoms with Crippen LogP contribution in [0.3, 0.4) is 0 Å². The van der Waals surface area contributed by atoms with Gasteiger partial charge in [-0.25, -0.2) is 9.97 Å². The van der Waals surface area contributed by atoms with Crippen LogP contribution in [-0.2, 0) is 9.47 Å². The van der Waals surface area contributed by atoms with E-state index in [1.165, 1.54) is 6.33 Å². The highest BCUT2D eigenvalue weighted by Gasteiger charge is 2.29. The summed E-state index contributed by atoms with van der Waals surface area (Å²) in [5.74, 6) is 4.43. The number of fused-ring (bicyclic) bond motifs is 1. The fourth-order valence-corrected chi connectivity index (χ4v) is 4.43. The first-order valence-electron chi connectivity index (χ1n) is 13.2. The lowest BCUT2D eigenvalue weighted by atomic mass is 10.1. The molecule has 7 heteroatoms. The molecule has 0 amide bonds. The van der Waals surface area contributed by atoms with Crippen LogP contribution in [0, 0.1) is 12.3 Å². The third-order valence-corrected chi connectivity index (χ3v) is 5.31. The maximum Gasteiger partial charge on any atom is 0.163 e. The van der Waals surface area contributed by atoms with E-state index in [2.05, 4.69) is 21.2 Å². The third kappa shape index (κ3) is 9.42. The van der Waals surface area contributed by atoms with Crippen molar-refractivity contribution in [1.29, 1.82) is 0 Å². The number of hydrogen-bond donors (Lipinski definition) is 1. The Balaban J connectivity index is 1.99. The van der Waals surface area contributed by atoms with Gasteiger partial charge in [0.05, 0.1) is 27.9 Å². The van der Waals surface area contributed by atoms with Gasteiger partial charge in [0.25, 0.3) is 0 Å². The van der Waals surface area contributed by atoms with Crippen LogP contribution in [0.25, 0.3) is 10.9 Å². The van der Waals surface area contributed by atoms with Gasteiger partial charge in [0, 0.05) is 22.7 Å². The zero-order valence-corrected chi connectivity index (χ0v) is 25.1. The molecule has 2 aromatic carbocycles. The quantitative estimate of drug-likeness (QED) is 0.274. The summed E-state index contributed by atoms with van der Waals surface area (Å²) in [5.41, 5.74) is 0.620. The molecule has 0 saturated carbocycles. The SMILES string of the molecule is C#Cc1cccc(Nc2ncnc3cc(OCC(C)(C)OC(C)(C)C)c(OCC(C)(C)OC(C)(C)C)cc23)c1. The number of aromatic nitrogens is 2. The van der Waals surface area contributed by atoms with Crippen molar-refractivity contribution in [3.8, 4) is 23.8 Å². The van der Waals surface area contributed by atoms with Crippen molar-refractivity contribution in [1.82, 2.24) is 9.97 Å². The summed E-state index contributed by atoms with van der Waals surface area (Å²) < 4.78 is 25.1. The molecule has 0 aliphatic heterocycles. The Labute approximate surface area is 233 Å². The summed E-state index contributed by atoms with van der Waals surface area (Å²) in [6, 6.07) is 11.4. The van der Waals surface area contributed by atoms with E-state index >= 15 is 0 Å². The molecule has 0 aliphatic carbocycles. The van der Waals surface area contributed by atoms with Gasteiger partial charge in [-0.15, -0.1) is 6.42 Å². The van der Waals surface area contributed by atoms with E-state index in [9.17, 15) is 0 Å². The fraction of sp³-hybridized carbons (Fsp3) is 0.500. The van der Waals surface area contributed by atoms with Crippen LogP contribution >= 0.6 is 0 Å². The standard InChI is InChI=1S/C32H43N3O4/c1-12-22-14-13-15-23(16-22)35-28-24-17-26(36-19-31(8,9)38-29(2,3)4)27(18-25(24)33-21-34-28)37-20-32(10,11)39-30(5,6)7/h1,13-18,21H,19-20H2,2-11H3,(H,33,34,35). The fourth-order valence-electron chi connectivity index (χ4n) is 4.43. The molecular weight excluding hydrogens is 490 g/mol. The van der Waals surface area contributed by atoms with Crippen LogP contribution in [0.5, 0.6) is 11.5 Å². The molecule has 1 heterocycles. The van der Waals surface area contributed by atoms with E-state index < -0.39 is 11.2 Å². The third-order valence-electron chi connectivity index (χ3n) is 5.31. The van der Waals surface area contributed by atoms with Crippen LogP contribution in [-0.4, -0.2) is 45.6 Å². The Morgan fingerprint density at radius 2 is 1.33 bits per heavy atom. The van der Waals surface area contributed by atoms with Gasteiger partial charge in [-0.1, -0.05) is 12.0 Å². The number of nitrogens with one attached hydrogen (secondary N) is 1. The second-order valence-electron chi connectivity index (χ2n) is 12.9. The van der Waals surface area contributed by atoms with Gasteiger partial charge in [0.15, 0.2) is 11.5 Å². The Kier molecular flexibility index (Phi) is 8.84. The van der Waals surface area contributed by atoms with Crippen molar-refractivity contribution >= 4 is 22.4 Å². The monoisotopic (exact) mass is 533 g/mol. The zero-order valence-electron chi connectivity index (χ0n) is 25.1. The van der Waals surface area contributed by atoms with Gasteiger partial charge in [0.2, 0.25) is 0 Å². The first-order chi connectivity index (χ1) is 18.0. The molecule has 0 fully saturated rings. The zero-order chi connectivity index (χ0) is 29.1. The highest BCUT2D eigenvalue weighted by molar-refractivity contribution is 5.93. The minimum absolute atomic E-state index is 0.311. The summed E-state index contributed by atoms with van der Waals surface area (Å²) in [4.78, 5) is 9.00. The lowest BCUT2D eigenvalue weighted by Crippen LogP contribution is -2.40. The van der Waals surface area contributed by atoms with E-state index in [-0.39, 0.29) is 11.2 Å². The maximum absolute atomic E-state index is 6.36. The summed E-state index contributed by atoms with van der Waals surface area (Å²) >= 11 is 0. The molecule has 39 heavy (non-hydrogen) atoms. The van der Waals surface area contributed by atoms with Crippen LogP contribution in [0.4, 0.5) is 11.5 Å². The molecule has 0 unspecified atom stereocenters. The molecule has 210 valence electrons. The summed E-state index contributed by atoms with van der Waals surface area (Å²) in [7, 11) is 0. The van der Waals surface area contributed by atoms with Crippen molar-refractivity contribution in [2.45, 2.75) is 91.6 Å². The molecule has 0 atom stereocenters. The van der Waals surface area contributed by atoms with Gasteiger partial charge in [-0.3, -0.25) is 0 Å². The Morgan fingerprint density at radius 1 is 0.769 bits per heavy atom. The minimum atomic E-state index is -0.539. The van der Waals surface area contributed by atoms with Gasteiger partial charge in [-0.05, 0) is 93.5 Å². The topological polar surface area (TPSA) is 74.7 Å². The summed E-state index contributed by atoms with van der Waals surface area (Å²) in [6.45, 7) is 20.8. The van der Waals surface area contributed by atoms with E-state index in [0.29, 0.717) is 36.0 Å². The number of rotatable bonds is 10. The number of ether oxygens (including phenoxy) is 4. The number of terminal acetylenes is 1. The van der Waals surface area contributed by atoms with Crippen LogP contribution < -0.4 is 14.8 Å². The number of anilines is 2. The van der Waals surface area contributed by atoms with E-state index in [1.807, 2.05) is 106 Å².